The first-order valence-corrected chi connectivity index (χ1v) is 4.17. The summed E-state index contributed by atoms with van der Waals surface area (Å²) >= 11 is 0. The van der Waals surface area contributed by atoms with E-state index in [0.29, 0.717) is 0 Å². The Bertz CT molecular complexity index is 468. The van der Waals surface area contributed by atoms with Crippen LogP contribution in [-0.2, 0) is 0 Å². The largest absolute Gasteiger partial charge is 0.511 e. The van der Waals surface area contributed by atoms with E-state index in [1.165, 1.54) is 25.1 Å². The first-order valence-electron chi connectivity index (χ1n) is 4.17. The van der Waals surface area contributed by atoms with Crippen LogP contribution < -0.4 is 0 Å². The molecule has 3 nitrogen and oxygen atoms in total. The van der Waals surface area contributed by atoms with Gasteiger partial charge in [0.15, 0.2) is 0 Å². The van der Waals surface area contributed by atoms with E-state index in [-0.39, 0.29) is 5.56 Å². The molecule has 0 unspecified atom stereocenters. The number of nitrogens with zero attached hydrogens (tertiary/aromatic N) is 1. The van der Waals surface area contributed by atoms with Crippen molar-refractivity contribution >= 4 is 5.78 Å². The molecule has 0 amide bonds. The van der Waals surface area contributed by atoms with Crippen LogP contribution in [0, 0.1) is 17.1 Å². The summed E-state index contributed by atoms with van der Waals surface area (Å²) in [6, 6.07) is 6.84. The third-order valence-electron chi connectivity index (χ3n) is 1.82. The van der Waals surface area contributed by atoms with Crippen molar-refractivity contribution in [2.24, 2.45) is 0 Å². The van der Waals surface area contributed by atoms with E-state index in [2.05, 4.69) is 0 Å². The van der Waals surface area contributed by atoms with E-state index in [9.17, 15) is 9.18 Å². The fourth-order valence-electron chi connectivity index (χ4n) is 1.08. The van der Waals surface area contributed by atoms with Crippen LogP contribution in [-0.4, -0.2) is 10.9 Å². The second kappa shape index (κ2) is 4.38. The minimum Gasteiger partial charge on any atom is -0.511 e. The molecule has 0 saturated carbocycles. The molecule has 0 aliphatic heterocycles. The van der Waals surface area contributed by atoms with Gasteiger partial charge in [-0.3, -0.25) is 4.79 Å². The standard InChI is InChI=1S/C11H8FNO2/c1-7(14)9(6-13)11(15)8-4-2-3-5-10(8)12/h2-5,14H,1H3/b9-7-. The minimum atomic E-state index is -0.810. The van der Waals surface area contributed by atoms with Crippen molar-refractivity contribution in [3.63, 3.8) is 0 Å². The van der Waals surface area contributed by atoms with Gasteiger partial charge in [0.05, 0.1) is 5.56 Å². The third kappa shape index (κ3) is 2.20. The number of aliphatic hydroxyl groups excluding tert-OH is 1. The lowest BCUT2D eigenvalue weighted by Crippen LogP contribution is -2.06. The van der Waals surface area contributed by atoms with Crippen LogP contribution in [0.3, 0.4) is 0 Å². The van der Waals surface area contributed by atoms with E-state index >= 15 is 0 Å². The molecule has 0 heterocycles. The molecule has 1 rings (SSSR count). The van der Waals surface area contributed by atoms with E-state index in [0.717, 1.165) is 6.07 Å². The summed E-state index contributed by atoms with van der Waals surface area (Å²) in [5.74, 6) is -1.93. The van der Waals surface area contributed by atoms with Crippen molar-refractivity contribution < 1.29 is 14.3 Å². The Kier molecular flexibility index (Phi) is 3.19. The van der Waals surface area contributed by atoms with E-state index in [4.69, 9.17) is 10.4 Å². The molecule has 0 atom stereocenters. The second-order valence-corrected chi connectivity index (χ2v) is 2.88. The molecule has 15 heavy (non-hydrogen) atoms. The molecule has 0 bridgehead atoms. The normalized spacial score (nSPS) is 11.5. The van der Waals surface area contributed by atoms with Crippen LogP contribution in [0.1, 0.15) is 17.3 Å². The lowest BCUT2D eigenvalue weighted by atomic mass is 10.0. The lowest BCUT2D eigenvalue weighted by Gasteiger charge is -2.01. The number of benzene rings is 1. The Hall–Kier alpha value is -2.15. The Labute approximate surface area is 86.1 Å². The Morgan fingerprint density at radius 1 is 1.47 bits per heavy atom. The molecule has 0 aromatic heterocycles. The smallest absolute Gasteiger partial charge is 0.209 e. The van der Waals surface area contributed by atoms with Crippen LogP contribution in [0.2, 0.25) is 0 Å². The SMILES string of the molecule is C/C(O)=C(\C#N)C(=O)c1ccccc1F. The third-order valence-corrected chi connectivity index (χ3v) is 1.82. The first-order chi connectivity index (χ1) is 7.07. The zero-order chi connectivity index (χ0) is 11.4. The molecule has 0 spiro atoms. The highest BCUT2D eigenvalue weighted by Gasteiger charge is 2.17. The maximum atomic E-state index is 13.2. The summed E-state index contributed by atoms with van der Waals surface area (Å²) in [5.41, 5.74) is -0.664. The molecule has 0 fully saturated rings. The molecule has 0 aliphatic rings. The highest BCUT2D eigenvalue weighted by Crippen LogP contribution is 2.13. The van der Waals surface area contributed by atoms with Gasteiger partial charge >= 0.3 is 0 Å². The van der Waals surface area contributed by atoms with Gasteiger partial charge in [0.1, 0.15) is 23.2 Å². The molecule has 1 aromatic rings. The van der Waals surface area contributed by atoms with Gasteiger partial charge in [-0.1, -0.05) is 12.1 Å². The summed E-state index contributed by atoms with van der Waals surface area (Å²) in [7, 11) is 0. The molecule has 0 aliphatic carbocycles. The van der Waals surface area contributed by atoms with Gasteiger partial charge < -0.3 is 5.11 Å². The number of carbonyl (C=O) groups excluding carboxylic acids is 1. The zero-order valence-corrected chi connectivity index (χ0v) is 7.99. The molecular weight excluding hydrogens is 197 g/mol. The second-order valence-electron chi connectivity index (χ2n) is 2.88. The van der Waals surface area contributed by atoms with Crippen molar-refractivity contribution in [2.75, 3.05) is 0 Å². The number of hydrogen-bond acceptors (Lipinski definition) is 3. The number of Topliss-reactive ketones (excluding diaryl/α,β-unsaturated/α-hetero) is 1. The molecular formula is C11H8FNO2. The minimum absolute atomic E-state index is 0.220. The van der Waals surface area contributed by atoms with Crippen molar-refractivity contribution in [2.45, 2.75) is 6.92 Å². The number of ketones is 1. The highest BCUT2D eigenvalue weighted by atomic mass is 19.1. The average molecular weight is 205 g/mol. The maximum Gasteiger partial charge on any atom is 0.209 e. The number of carbonyl (C=O) groups is 1. The maximum absolute atomic E-state index is 13.2. The molecule has 76 valence electrons. The van der Waals surface area contributed by atoms with Gasteiger partial charge in [0, 0.05) is 0 Å². The first kappa shape index (κ1) is 10.9. The highest BCUT2D eigenvalue weighted by molar-refractivity contribution is 6.11. The van der Waals surface area contributed by atoms with Gasteiger partial charge in [-0.15, -0.1) is 0 Å². The molecule has 4 heteroatoms. The monoisotopic (exact) mass is 205 g/mol. The zero-order valence-electron chi connectivity index (χ0n) is 7.99. The van der Waals surface area contributed by atoms with E-state index < -0.39 is 22.9 Å². The van der Waals surface area contributed by atoms with Crippen LogP contribution in [0.4, 0.5) is 4.39 Å². The predicted molar refractivity (Wildman–Crippen MR) is 51.7 cm³/mol. The number of hydrogen-bond donors (Lipinski definition) is 1. The fraction of sp³-hybridized carbons (Fsp3) is 0.0909. The van der Waals surface area contributed by atoms with Crippen LogP contribution in [0.5, 0.6) is 0 Å². The van der Waals surface area contributed by atoms with E-state index in [1.807, 2.05) is 0 Å². The van der Waals surface area contributed by atoms with Gasteiger partial charge in [0.2, 0.25) is 5.78 Å². The Morgan fingerprint density at radius 2 is 2.07 bits per heavy atom. The van der Waals surface area contributed by atoms with Crippen LogP contribution in [0.15, 0.2) is 35.6 Å². The molecule has 0 saturated heterocycles. The molecule has 1 N–H and O–H groups in total. The number of rotatable bonds is 2. The van der Waals surface area contributed by atoms with Gasteiger partial charge in [-0.2, -0.15) is 5.26 Å². The topological polar surface area (TPSA) is 61.1 Å². The average Bonchev–Trinajstić information content (AvgIpc) is 2.18. The summed E-state index contributed by atoms with van der Waals surface area (Å²) in [6.45, 7) is 1.21. The van der Waals surface area contributed by atoms with Gasteiger partial charge in [0.25, 0.3) is 0 Å². The summed E-state index contributed by atoms with van der Waals surface area (Å²) in [6.07, 6.45) is 0. The van der Waals surface area contributed by atoms with Crippen molar-refractivity contribution in [3.05, 3.63) is 47.0 Å². The summed E-state index contributed by atoms with van der Waals surface area (Å²) < 4.78 is 13.2. The summed E-state index contributed by atoms with van der Waals surface area (Å²) in [5, 5.41) is 17.7. The van der Waals surface area contributed by atoms with Crippen molar-refractivity contribution in [1.82, 2.24) is 0 Å². The fourth-order valence-corrected chi connectivity index (χ4v) is 1.08. The molecule has 1 aromatic carbocycles. The number of nitriles is 1. The van der Waals surface area contributed by atoms with E-state index in [1.54, 1.807) is 6.07 Å². The summed E-state index contributed by atoms with van der Waals surface area (Å²) in [4.78, 5) is 11.6. The van der Waals surface area contributed by atoms with Crippen LogP contribution in [0.25, 0.3) is 0 Å². The number of allylic oxidation sites excluding steroid dienone is 2. The van der Waals surface area contributed by atoms with Crippen molar-refractivity contribution in [1.29, 1.82) is 5.26 Å². The van der Waals surface area contributed by atoms with Gasteiger partial charge in [-0.25, -0.2) is 4.39 Å². The number of aliphatic hydroxyl groups is 1. The predicted octanol–water partition coefficient (Wildman–Crippen LogP) is 2.36. The molecule has 0 radical (unpaired) electrons. The lowest BCUT2D eigenvalue weighted by molar-refractivity contribution is 0.103. The quantitative estimate of drug-likeness (QED) is 0.349. The van der Waals surface area contributed by atoms with Gasteiger partial charge in [-0.05, 0) is 19.1 Å². The van der Waals surface area contributed by atoms with Crippen LogP contribution >= 0.6 is 0 Å². The Morgan fingerprint density at radius 3 is 2.53 bits per heavy atom. The number of halogens is 1. The Balaban J connectivity index is 3.23. The van der Waals surface area contributed by atoms with Crippen molar-refractivity contribution in [3.8, 4) is 6.07 Å².